The van der Waals surface area contributed by atoms with E-state index in [0.717, 1.165) is 47.5 Å². The molecule has 6 N–H and O–H groups in total. The highest BCUT2D eigenvalue weighted by atomic mass is 16.2. The molecule has 1 aliphatic rings. The molecule has 5 rings (SSSR count). The monoisotopic (exact) mass is 468 g/mol. The minimum absolute atomic E-state index is 0.00774. The zero-order valence-electron chi connectivity index (χ0n) is 19.5. The second-order valence-electron chi connectivity index (χ2n) is 8.94. The molecule has 2 atom stereocenters. The van der Waals surface area contributed by atoms with Crippen LogP contribution in [0.5, 0.6) is 0 Å². The number of aliphatic imine (C=N–C) groups is 1. The summed E-state index contributed by atoms with van der Waals surface area (Å²) in [4.78, 5) is 31.1. The Morgan fingerprint density at radius 3 is 2.71 bits per heavy atom. The summed E-state index contributed by atoms with van der Waals surface area (Å²) in [7, 11) is 0. The molecule has 9 heteroatoms. The van der Waals surface area contributed by atoms with E-state index in [9.17, 15) is 4.79 Å². The zero-order chi connectivity index (χ0) is 24.4. The molecule has 0 spiro atoms. The van der Waals surface area contributed by atoms with Crippen molar-refractivity contribution in [1.29, 1.82) is 0 Å². The SMILES string of the molecule is Cc1ccc2nc(C(=O)Nc3ccc4ncccc4c3)nc(N[C@H]3CCCC[C@H]3N=C(N)N)c2c1. The maximum absolute atomic E-state index is 13.2. The molecule has 2 heterocycles. The molecule has 35 heavy (non-hydrogen) atoms. The van der Waals surface area contributed by atoms with E-state index in [2.05, 4.69) is 30.6 Å². The van der Waals surface area contributed by atoms with Gasteiger partial charge in [0.05, 0.1) is 23.1 Å². The fourth-order valence-corrected chi connectivity index (χ4v) is 4.60. The number of rotatable bonds is 5. The Hall–Kier alpha value is -4.27. The summed E-state index contributed by atoms with van der Waals surface area (Å²) in [6.07, 6.45) is 5.68. The minimum atomic E-state index is -0.386. The van der Waals surface area contributed by atoms with E-state index in [1.165, 1.54) is 0 Å². The predicted octanol–water partition coefficient (Wildman–Crippen LogP) is 3.74. The minimum Gasteiger partial charge on any atom is -0.370 e. The van der Waals surface area contributed by atoms with Crippen molar-refractivity contribution in [2.45, 2.75) is 44.7 Å². The van der Waals surface area contributed by atoms with E-state index in [4.69, 9.17) is 11.5 Å². The van der Waals surface area contributed by atoms with Crippen LogP contribution < -0.4 is 22.1 Å². The van der Waals surface area contributed by atoms with Crippen molar-refractivity contribution in [3.05, 3.63) is 66.1 Å². The van der Waals surface area contributed by atoms with Crippen molar-refractivity contribution in [3.8, 4) is 0 Å². The van der Waals surface area contributed by atoms with E-state index in [-0.39, 0.29) is 29.8 Å². The molecule has 178 valence electrons. The Morgan fingerprint density at radius 2 is 1.86 bits per heavy atom. The van der Waals surface area contributed by atoms with Crippen LogP contribution >= 0.6 is 0 Å². The van der Waals surface area contributed by atoms with Crippen LogP contribution in [0.4, 0.5) is 11.5 Å². The summed E-state index contributed by atoms with van der Waals surface area (Å²) in [6.45, 7) is 2.02. The molecule has 2 aromatic carbocycles. The van der Waals surface area contributed by atoms with E-state index >= 15 is 0 Å². The van der Waals surface area contributed by atoms with Gasteiger partial charge in [0.2, 0.25) is 5.82 Å². The molecule has 1 amide bonds. The standard InChI is InChI=1S/C26H28N8O/c1-15-8-10-20-18(13-15)23(32-21-6-2-3-7-22(21)33-26(27)28)34-24(31-20)25(35)30-17-9-11-19-16(14-17)5-4-12-29-19/h4-5,8-14,21-22H,2-3,6-7H2,1H3,(H,30,35)(H4,27,28,33)(H,31,32,34)/t21-,22+/m0/s1. The molecular weight excluding hydrogens is 440 g/mol. The third-order valence-corrected chi connectivity index (χ3v) is 6.28. The molecule has 0 bridgehead atoms. The summed E-state index contributed by atoms with van der Waals surface area (Å²) >= 11 is 0. The van der Waals surface area contributed by atoms with Gasteiger partial charge in [0.25, 0.3) is 5.91 Å². The van der Waals surface area contributed by atoms with Gasteiger partial charge in [-0.3, -0.25) is 9.78 Å². The average Bonchev–Trinajstić information content (AvgIpc) is 2.85. The number of hydrogen-bond acceptors (Lipinski definition) is 6. The number of aromatic nitrogens is 3. The lowest BCUT2D eigenvalue weighted by Gasteiger charge is -2.30. The fraction of sp³-hybridized carbons (Fsp3) is 0.269. The summed E-state index contributed by atoms with van der Waals surface area (Å²) in [5, 5.41) is 8.24. The first-order valence-electron chi connectivity index (χ1n) is 11.8. The normalized spacial score (nSPS) is 17.7. The van der Waals surface area contributed by atoms with E-state index in [1.807, 2.05) is 55.5 Å². The Labute approximate surface area is 203 Å². The van der Waals surface area contributed by atoms with Crippen LogP contribution in [0.15, 0.2) is 59.7 Å². The lowest BCUT2D eigenvalue weighted by atomic mass is 9.90. The molecule has 2 aromatic heterocycles. The molecule has 1 fully saturated rings. The van der Waals surface area contributed by atoms with Crippen molar-refractivity contribution in [2.75, 3.05) is 10.6 Å². The number of aryl methyl sites for hydroxylation is 1. The van der Waals surface area contributed by atoms with Gasteiger partial charge in [-0.1, -0.05) is 30.5 Å². The van der Waals surface area contributed by atoms with Crippen molar-refractivity contribution in [3.63, 3.8) is 0 Å². The van der Waals surface area contributed by atoms with Gasteiger partial charge >= 0.3 is 0 Å². The number of guanidine groups is 1. The van der Waals surface area contributed by atoms with Gasteiger partial charge in [0.15, 0.2) is 5.96 Å². The van der Waals surface area contributed by atoms with Crippen molar-refractivity contribution >= 4 is 45.2 Å². The van der Waals surface area contributed by atoms with Crippen molar-refractivity contribution < 1.29 is 4.79 Å². The predicted molar refractivity (Wildman–Crippen MR) is 139 cm³/mol. The highest BCUT2D eigenvalue weighted by Crippen LogP contribution is 2.28. The molecule has 0 aliphatic heterocycles. The third-order valence-electron chi connectivity index (χ3n) is 6.28. The van der Waals surface area contributed by atoms with Crippen LogP contribution in [-0.4, -0.2) is 38.9 Å². The number of amides is 1. The van der Waals surface area contributed by atoms with Gasteiger partial charge in [-0.25, -0.2) is 15.0 Å². The van der Waals surface area contributed by atoms with Gasteiger partial charge in [0, 0.05) is 22.7 Å². The molecule has 9 nitrogen and oxygen atoms in total. The second-order valence-corrected chi connectivity index (χ2v) is 8.94. The molecular formula is C26H28N8O. The first-order chi connectivity index (χ1) is 17.0. The van der Waals surface area contributed by atoms with E-state index in [0.29, 0.717) is 17.0 Å². The number of nitrogens with one attached hydrogen (secondary N) is 2. The number of nitrogens with two attached hydrogens (primary N) is 2. The van der Waals surface area contributed by atoms with Gasteiger partial charge < -0.3 is 22.1 Å². The topological polar surface area (TPSA) is 144 Å². The summed E-state index contributed by atoms with van der Waals surface area (Å²) in [5.74, 6) is 0.388. The van der Waals surface area contributed by atoms with Crippen LogP contribution in [0.1, 0.15) is 41.9 Å². The van der Waals surface area contributed by atoms with E-state index < -0.39 is 0 Å². The van der Waals surface area contributed by atoms with Gasteiger partial charge in [0.1, 0.15) is 5.82 Å². The summed E-state index contributed by atoms with van der Waals surface area (Å²) < 4.78 is 0. The first-order valence-corrected chi connectivity index (χ1v) is 11.8. The van der Waals surface area contributed by atoms with Crippen LogP contribution in [0.25, 0.3) is 21.8 Å². The second kappa shape index (κ2) is 9.54. The number of carbonyl (C=O) groups excluding carboxylic acids is 1. The summed E-state index contributed by atoms with van der Waals surface area (Å²) in [5.41, 5.74) is 14.6. The average molecular weight is 469 g/mol. The van der Waals surface area contributed by atoms with Crippen LogP contribution in [0, 0.1) is 6.92 Å². The number of carbonyl (C=O) groups is 1. The Morgan fingerprint density at radius 1 is 1.03 bits per heavy atom. The largest absolute Gasteiger partial charge is 0.370 e. The van der Waals surface area contributed by atoms with Crippen molar-refractivity contribution in [2.24, 2.45) is 16.5 Å². The lowest BCUT2D eigenvalue weighted by molar-refractivity contribution is 0.101. The fourth-order valence-electron chi connectivity index (χ4n) is 4.60. The molecule has 0 unspecified atom stereocenters. The molecule has 0 radical (unpaired) electrons. The Bertz CT molecular complexity index is 1430. The number of fused-ring (bicyclic) bond motifs is 2. The van der Waals surface area contributed by atoms with Crippen LogP contribution in [0.2, 0.25) is 0 Å². The van der Waals surface area contributed by atoms with Crippen LogP contribution in [0.3, 0.4) is 0 Å². The highest BCUT2D eigenvalue weighted by molar-refractivity contribution is 6.04. The summed E-state index contributed by atoms with van der Waals surface area (Å²) in [6, 6.07) is 15.2. The smallest absolute Gasteiger partial charge is 0.293 e. The maximum Gasteiger partial charge on any atom is 0.293 e. The quantitative estimate of drug-likeness (QED) is 0.258. The molecule has 4 aromatic rings. The van der Waals surface area contributed by atoms with Gasteiger partial charge in [-0.2, -0.15) is 0 Å². The lowest BCUT2D eigenvalue weighted by Crippen LogP contribution is -2.38. The van der Waals surface area contributed by atoms with Gasteiger partial charge in [-0.05, 0) is 56.2 Å². The van der Waals surface area contributed by atoms with E-state index in [1.54, 1.807) is 6.20 Å². The maximum atomic E-state index is 13.2. The number of pyridine rings is 1. The number of nitrogens with zero attached hydrogens (tertiary/aromatic N) is 4. The first kappa shape index (κ1) is 22.5. The number of hydrogen-bond donors (Lipinski definition) is 4. The Balaban J connectivity index is 1.48. The molecule has 1 aliphatic carbocycles. The number of benzene rings is 2. The van der Waals surface area contributed by atoms with Gasteiger partial charge in [-0.15, -0.1) is 0 Å². The molecule has 0 saturated heterocycles. The zero-order valence-corrected chi connectivity index (χ0v) is 19.5. The third kappa shape index (κ3) is 4.98. The molecule has 1 saturated carbocycles. The number of anilines is 2. The highest BCUT2D eigenvalue weighted by Gasteiger charge is 2.26. The Kier molecular flexibility index (Phi) is 6.13. The van der Waals surface area contributed by atoms with Crippen LogP contribution in [-0.2, 0) is 0 Å². The van der Waals surface area contributed by atoms with Crippen molar-refractivity contribution in [1.82, 2.24) is 15.0 Å².